The van der Waals surface area contributed by atoms with Crippen LogP contribution in [0.1, 0.15) is 47.5 Å². The lowest BCUT2D eigenvalue weighted by Crippen LogP contribution is -2.55. The van der Waals surface area contributed by atoms with Gasteiger partial charge in [-0.2, -0.15) is 0 Å². The third kappa shape index (κ3) is 6.20. The van der Waals surface area contributed by atoms with Crippen LogP contribution in [0, 0.1) is 0 Å². The van der Waals surface area contributed by atoms with Gasteiger partial charge in [0.15, 0.2) is 0 Å². The molecule has 9 heteroatoms. The van der Waals surface area contributed by atoms with Crippen molar-refractivity contribution in [2.75, 3.05) is 13.6 Å². The van der Waals surface area contributed by atoms with Gasteiger partial charge in [-0.15, -0.1) is 0 Å². The Morgan fingerprint density at radius 3 is 2.35 bits per heavy atom. The molecule has 1 aliphatic heterocycles. The summed E-state index contributed by atoms with van der Waals surface area (Å²) in [6.45, 7) is 8.73. The predicted molar refractivity (Wildman–Crippen MR) is 94.5 cm³/mol. The van der Waals surface area contributed by atoms with E-state index in [2.05, 4.69) is 15.6 Å². The highest BCUT2D eigenvalue weighted by molar-refractivity contribution is 5.93. The summed E-state index contributed by atoms with van der Waals surface area (Å²) < 4.78 is 5.33. The van der Waals surface area contributed by atoms with Gasteiger partial charge in [0.2, 0.25) is 11.8 Å². The first-order valence-corrected chi connectivity index (χ1v) is 8.70. The molecule has 9 nitrogen and oxygen atoms in total. The van der Waals surface area contributed by atoms with E-state index in [9.17, 15) is 19.5 Å². The Balaban J connectivity index is 2.65. The molecule has 1 saturated heterocycles. The molecule has 2 N–H and O–H groups in total. The molecule has 0 aromatic heterocycles. The molecule has 0 radical (unpaired) electrons. The molecule has 0 aromatic carbocycles. The third-order valence-corrected chi connectivity index (χ3v) is 3.89. The lowest BCUT2D eigenvalue weighted by Gasteiger charge is -2.29. The molecule has 1 fully saturated rings. The van der Waals surface area contributed by atoms with Gasteiger partial charge in [0, 0.05) is 13.6 Å². The minimum Gasteiger partial charge on any atom is -0.861 e. The van der Waals surface area contributed by atoms with Gasteiger partial charge in [-0.3, -0.25) is 14.5 Å². The second kappa shape index (κ2) is 8.86. The van der Waals surface area contributed by atoms with Crippen LogP contribution in [0.2, 0.25) is 0 Å². The molecule has 26 heavy (non-hydrogen) atoms. The van der Waals surface area contributed by atoms with Gasteiger partial charge in [0.25, 0.3) is 0 Å². The Morgan fingerprint density at radius 2 is 1.81 bits per heavy atom. The monoisotopic (exact) mass is 369 g/mol. The highest BCUT2D eigenvalue weighted by Crippen LogP contribution is 2.21. The third-order valence-electron chi connectivity index (χ3n) is 3.89. The quantitative estimate of drug-likeness (QED) is 0.512. The van der Waals surface area contributed by atoms with Crippen molar-refractivity contribution in [3.05, 3.63) is 0 Å². The largest absolute Gasteiger partial charge is 0.861 e. The second-order valence-electron chi connectivity index (χ2n) is 7.35. The van der Waals surface area contributed by atoms with Crippen LogP contribution in [0.5, 0.6) is 0 Å². The molecule has 1 aliphatic rings. The van der Waals surface area contributed by atoms with E-state index >= 15 is 0 Å². The molecule has 3 amide bonds. The fourth-order valence-corrected chi connectivity index (χ4v) is 2.55. The molecule has 0 bridgehead atoms. The van der Waals surface area contributed by atoms with E-state index in [4.69, 9.17) is 4.74 Å². The van der Waals surface area contributed by atoms with Crippen LogP contribution in [-0.4, -0.2) is 66.0 Å². The number of carbonyl (C=O) groups excluding carboxylic acids is 3. The van der Waals surface area contributed by atoms with Crippen molar-refractivity contribution in [2.24, 2.45) is 4.99 Å². The number of likely N-dealkylation sites (tertiary alicyclic amines) is 1. The number of ether oxygens (including phenoxy) is 1. The molecule has 1 heterocycles. The average molecular weight is 369 g/mol. The molecule has 3 unspecified atom stereocenters. The highest BCUT2D eigenvalue weighted by atomic mass is 16.6. The van der Waals surface area contributed by atoms with Gasteiger partial charge in [-0.05, 0) is 53.4 Å². The molecule has 0 spiro atoms. The van der Waals surface area contributed by atoms with Gasteiger partial charge in [-0.25, -0.2) is 4.79 Å². The lowest BCUT2D eigenvalue weighted by atomic mass is 10.2. The minimum atomic E-state index is -0.851. The summed E-state index contributed by atoms with van der Waals surface area (Å²) in [4.78, 5) is 41.7. The second-order valence-corrected chi connectivity index (χ2v) is 7.35. The summed E-state index contributed by atoms with van der Waals surface area (Å²) in [5.74, 6) is -1.37. The molecule has 0 aromatic rings. The van der Waals surface area contributed by atoms with Gasteiger partial charge in [-0.1, -0.05) is 0 Å². The number of nitrogens with one attached hydrogen (secondary N) is 2. The van der Waals surface area contributed by atoms with Gasteiger partial charge in [0.05, 0.1) is 6.04 Å². The smallest absolute Gasteiger partial charge is 0.410 e. The van der Waals surface area contributed by atoms with Crippen molar-refractivity contribution in [3.63, 3.8) is 0 Å². The first-order valence-electron chi connectivity index (χ1n) is 8.70. The van der Waals surface area contributed by atoms with E-state index in [-0.39, 0.29) is 0 Å². The standard InChI is InChI=1S/C17H30N4O5/c1-10(13(22)18-6)19-14(23)11(2)20-15(24)12-8-7-9-21(12)16(25)26-17(3,4)5/h10-12H,7-9H2,1-6H3,(H,18,22)(H,19,23)(H,20,24)/p-1. The zero-order chi connectivity index (χ0) is 20.1. The van der Waals surface area contributed by atoms with Crippen molar-refractivity contribution >= 4 is 23.8 Å². The van der Waals surface area contributed by atoms with Crippen molar-refractivity contribution in [1.82, 2.24) is 15.5 Å². The van der Waals surface area contributed by atoms with Crippen LogP contribution in [-0.2, 0) is 14.3 Å². The zero-order valence-electron chi connectivity index (χ0n) is 16.3. The van der Waals surface area contributed by atoms with Gasteiger partial charge >= 0.3 is 6.09 Å². The van der Waals surface area contributed by atoms with E-state index in [1.165, 1.54) is 25.8 Å². The number of hydrogen-bond acceptors (Lipinski definition) is 6. The summed E-state index contributed by atoms with van der Waals surface area (Å²) in [5.41, 5.74) is -0.652. The molecular formula is C17H29N4O5-. The van der Waals surface area contributed by atoms with Crippen molar-refractivity contribution < 1.29 is 24.2 Å². The molecule has 3 atom stereocenters. The van der Waals surface area contributed by atoms with Crippen LogP contribution in [0.15, 0.2) is 4.99 Å². The van der Waals surface area contributed by atoms with E-state index in [0.29, 0.717) is 19.4 Å². The Hall–Kier alpha value is -2.32. The minimum absolute atomic E-state index is 0.421. The summed E-state index contributed by atoms with van der Waals surface area (Å²) in [5, 5.41) is 16.5. The highest BCUT2D eigenvalue weighted by Gasteiger charge is 2.37. The maximum Gasteiger partial charge on any atom is 0.410 e. The summed E-state index contributed by atoms with van der Waals surface area (Å²) in [7, 11) is 1.35. The van der Waals surface area contributed by atoms with E-state index in [1.54, 1.807) is 20.8 Å². The van der Waals surface area contributed by atoms with Crippen molar-refractivity contribution in [2.45, 2.75) is 71.2 Å². The first kappa shape index (κ1) is 21.7. The molecule has 148 valence electrons. The summed E-state index contributed by atoms with van der Waals surface area (Å²) in [6, 6.07) is -2.29. The first-order chi connectivity index (χ1) is 12.0. The Labute approximate surface area is 154 Å². The number of carbonyl (C=O) groups is 3. The summed E-state index contributed by atoms with van der Waals surface area (Å²) >= 11 is 0. The van der Waals surface area contributed by atoms with E-state index in [1.807, 2.05) is 0 Å². The van der Waals surface area contributed by atoms with Crippen molar-refractivity contribution in [3.8, 4) is 0 Å². The van der Waals surface area contributed by atoms with Gasteiger partial charge in [0.1, 0.15) is 17.7 Å². The topological polar surface area (TPSA) is 123 Å². The van der Waals surface area contributed by atoms with Crippen LogP contribution in [0.3, 0.4) is 0 Å². The van der Waals surface area contributed by atoms with E-state index in [0.717, 1.165) is 0 Å². The van der Waals surface area contributed by atoms with Crippen LogP contribution in [0.25, 0.3) is 0 Å². The summed E-state index contributed by atoms with van der Waals surface area (Å²) in [6.07, 6.45) is 0.640. The Morgan fingerprint density at radius 1 is 1.19 bits per heavy atom. The molecule has 1 rings (SSSR count). The van der Waals surface area contributed by atoms with Crippen LogP contribution >= 0.6 is 0 Å². The van der Waals surface area contributed by atoms with E-state index < -0.39 is 47.5 Å². The fourth-order valence-electron chi connectivity index (χ4n) is 2.55. The number of rotatable bonds is 5. The zero-order valence-corrected chi connectivity index (χ0v) is 16.3. The maximum absolute atomic E-state index is 12.5. The normalized spacial score (nSPS) is 20.3. The molecule has 0 saturated carbocycles. The van der Waals surface area contributed by atoms with Gasteiger partial charge < -0.3 is 25.5 Å². The fraction of sp³-hybridized carbons (Fsp3) is 0.765. The predicted octanol–water partition coefficient (Wildman–Crippen LogP) is -0.216. The maximum atomic E-state index is 12.5. The Kier molecular flexibility index (Phi) is 7.41. The number of hydrogen-bond donors (Lipinski definition) is 2. The molecular weight excluding hydrogens is 340 g/mol. The van der Waals surface area contributed by atoms with Crippen LogP contribution in [0.4, 0.5) is 4.79 Å². The lowest BCUT2D eigenvalue weighted by molar-refractivity contribution is -0.221. The number of amides is 3. The SMILES string of the molecule is CN=C([O-])C(C)NC(=O)C(C)NC(=O)C1CCCN1C(=O)OC(C)(C)C. The molecule has 0 aliphatic carbocycles. The average Bonchev–Trinajstić information content (AvgIpc) is 3.01. The number of nitrogens with zero attached hydrogens (tertiary/aromatic N) is 2. The number of aliphatic imine (C=N–C) groups is 1. The van der Waals surface area contributed by atoms with Crippen LogP contribution < -0.4 is 15.7 Å². The Bertz CT molecular complexity index is 570. The van der Waals surface area contributed by atoms with Crippen molar-refractivity contribution in [1.29, 1.82) is 0 Å².